The highest BCUT2D eigenvalue weighted by Crippen LogP contribution is 2.03. The Morgan fingerprint density at radius 3 is 2.18 bits per heavy atom. The Balaban J connectivity index is 4.96. The van der Waals surface area contributed by atoms with Crippen LogP contribution in [0.25, 0.3) is 0 Å². The Hall–Kier alpha value is -3.07. The molecular weight excluding hydrogens is 458 g/mol. The monoisotopic (exact) mass is 491 g/mol. The maximum Gasteiger partial charge on any atom is 0.326 e. The predicted molar refractivity (Wildman–Crippen MR) is 122 cm³/mol. The first-order valence-electron chi connectivity index (χ1n) is 10.1. The van der Waals surface area contributed by atoms with Gasteiger partial charge in [0.05, 0.1) is 12.6 Å². The summed E-state index contributed by atoms with van der Waals surface area (Å²) < 4.78 is 0. The third-order valence-electron chi connectivity index (χ3n) is 4.25. The fourth-order valence-corrected chi connectivity index (χ4v) is 2.96. The van der Waals surface area contributed by atoms with E-state index in [0.717, 1.165) is 0 Å². The molecule has 0 aromatic heterocycles. The Labute approximate surface area is 195 Å². The van der Waals surface area contributed by atoms with Crippen molar-refractivity contribution in [3.05, 3.63) is 0 Å². The molecule has 188 valence electrons. The molecule has 0 aliphatic heterocycles. The van der Waals surface area contributed by atoms with Crippen LogP contribution in [0.5, 0.6) is 0 Å². The van der Waals surface area contributed by atoms with E-state index in [9.17, 15) is 24.0 Å². The van der Waals surface area contributed by atoms with Crippen molar-refractivity contribution in [2.24, 2.45) is 22.2 Å². The quantitative estimate of drug-likeness (QED) is 0.0584. The summed E-state index contributed by atoms with van der Waals surface area (Å²) in [5.41, 5.74) is 16.2. The minimum absolute atomic E-state index is 0.104. The number of guanidine groups is 1. The standard InChI is InChI=1S/C18H33N7O7S/c1-33-8-6-12(17(31)32)24-13(26)9-23-16(30)11(3-2-7-22-18(20)21)25-15(29)10(19)4-5-14(27)28/h10-12H,2-9,19H2,1H3,(H,23,30)(H,24,26)(H,25,29)(H,27,28)(H,31,32)(H4,20,21,22)/t10-,11-,12-/m0/s1. The molecule has 0 aliphatic rings. The molecule has 0 aromatic rings. The van der Waals surface area contributed by atoms with E-state index < -0.39 is 54.3 Å². The van der Waals surface area contributed by atoms with Crippen LogP contribution in [-0.4, -0.2) is 89.1 Å². The van der Waals surface area contributed by atoms with Crippen LogP contribution in [0.15, 0.2) is 4.99 Å². The topological polar surface area (TPSA) is 252 Å². The van der Waals surface area contributed by atoms with Gasteiger partial charge in [0, 0.05) is 13.0 Å². The van der Waals surface area contributed by atoms with Gasteiger partial charge in [-0.15, -0.1) is 0 Å². The Kier molecular flexibility index (Phi) is 15.0. The van der Waals surface area contributed by atoms with Crippen LogP contribution in [0.2, 0.25) is 0 Å². The van der Waals surface area contributed by atoms with Crippen molar-refractivity contribution in [3.63, 3.8) is 0 Å². The van der Waals surface area contributed by atoms with Gasteiger partial charge in [-0.3, -0.25) is 24.2 Å². The van der Waals surface area contributed by atoms with Gasteiger partial charge >= 0.3 is 11.9 Å². The number of nitrogens with one attached hydrogen (secondary N) is 3. The summed E-state index contributed by atoms with van der Waals surface area (Å²) in [6.07, 6.45) is 1.98. The first kappa shape index (κ1) is 29.9. The van der Waals surface area contributed by atoms with Crippen LogP contribution in [0.3, 0.4) is 0 Å². The van der Waals surface area contributed by atoms with Crippen molar-refractivity contribution in [2.75, 3.05) is 25.1 Å². The highest BCUT2D eigenvalue weighted by molar-refractivity contribution is 7.98. The van der Waals surface area contributed by atoms with Crippen LogP contribution < -0.4 is 33.2 Å². The number of carbonyl (C=O) groups excluding carboxylic acids is 3. The molecule has 0 aliphatic carbocycles. The van der Waals surface area contributed by atoms with E-state index in [-0.39, 0.29) is 38.2 Å². The number of carboxylic acid groups (broad SMARTS) is 2. The van der Waals surface area contributed by atoms with Crippen LogP contribution in [0.1, 0.15) is 32.1 Å². The molecule has 0 heterocycles. The molecule has 0 spiro atoms. The van der Waals surface area contributed by atoms with Crippen molar-refractivity contribution in [1.82, 2.24) is 16.0 Å². The molecule has 0 unspecified atom stereocenters. The predicted octanol–water partition coefficient (Wildman–Crippen LogP) is -2.84. The lowest BCUT2D eigenvalue weighted by Crippen LogP contribution is -2.53. The van der Waals surface area contributed by atoms with E-state index in [1.807, 2.05) is 0 Å². The Morgan fingerprint density at radius 2 is 1.64 bits per heavy atom. The van der Waals surface area contributed by atoms with Crippen LogP contribution in [0.4, 0.5) is 0 Å². The molecule has 15 heteroatoms. The summed E-state index contributed by atoms with van der Waals surface area (Å²) in [4.78, 5) is 62.5. The average Bonchev–Trinajstić information content (AvgIpc) is 2.74. The number of amides is 3. The third kappa shape index (κ3) is 14.6. The molecule has 14 nitrogen and oxygen atoms in total. The minimum atomic E-state index is -1.19. The summed E-state index contributed by atoms with van der Waals surface area (Å²) in [6.45, 7) is -0.323. The number of aliphatic carboxylic acids is 2. The summed E-state index contributed by atoms with van der Waals surface area (Å²) in [5, 5.41) is 25.0. The van der Waals surface area contributed by atoms with E-state index in [2.05, 4.69) is 20.9 Å². The zero-order valence-electron chi connectivity index (χ0n) is 18.4. The normalized spacial score (nSPS) is 13.2. The minimum Gasteiger partial charge on any atom is -0.481 e. The molecule has 0 bridgehead atoms. The number of carboxylic acids is 2. The first-order chi connectivity index (χ1) is 15.5. The summed E-state index contributed by atoms with van der Waals surface area (Å²) in [6, 6.07) is -3.34. The van der Waals surface area contributed by atoms with Gasteiger partial charge in [-0.1, -0.05) is 0 Å². The maximum atomic E-state index is 12.5. The van der Waals surface area contributed by atoms with Crippen molar-refractivity contribution in [1.29, 1.82) is 0 Å². The Morgan fingerprint density at radius 1 is 0.970 bits per heavy atom. The molecule has 0 radical (unpaired) electrons. The smallest absolute Gasteiger partial charge is 0.326 e. The maximum absolute atomic E-state index is 12.5. The van der Waals surface area contributed by atoms with E-state index in [4.69, 9.17) is 27.4 Å². The highest BCUT2D eigenvalue weighted by atomic mass is 32.2. The Bertz CT molecular complexity index is 716. The summed E-state index contributed by atoms with van der Waals surface area (Å²) in [5.74, 6) is -4.06. The number of hydrogen-bond donors (Lipinski definition) is 8. The van der Waals surface area contributed by atoms with Crippen molar-refractivity contribution < 1.29 is 34.2 Å². The summed E-state index contributed by atoms with van der Waals surface area (Å²) >= 11 is 1.43. The first-order valence-corrected chi connectivity index (χ1v) is 11.5. The largest absolute Gasteiger partial charge is 0.481 e. The van der Waals surface area contributed by atoms with Crippen LogP contribution in [-0.2, 0) is 24.0 Å². The molecule has 3 atom stereocenters. The molecule has 0 rings (SSSR count). The van der Waals surface area contributed by atoms with Gasteiger partial charge in [0.2, 0.25) is 17.7 Å². The van der Waals surface area contributed by atoms with Crippen molar-refractivity contribution in [2.45, 2.75) is 50.2 Å². The molecule has 11 N–H and O–H groups in total. The fraction of sp³-hybridized carbons (Fsp3) is 0.667. The lowest BCUT2D eigenvalue weighted by atomic mass is 10.1. The van der Waals surface area contributed by atoms with Gasteiger partial charge in [0.25, 0.3) is 0 Å². The number of aliphatic imine (C=N–C) groups is 1. The van der Waals surface area contributed by atoms with Crippen LogP contribution >= 0.6 is 11.8 Å². The number of rotatable bonds is 17. The van der Waals surface area contributed by atoms with Gasteiger partial charge in [-0.2, -0.15) is 11.8 Å². The molecule has 0 saturated carbocycles. The van der Waals surface area contributed by atoms with Gasteiger partial charge in [0.15, 0.2) is 5.96 Å². The van der Waals surface area contributed by atoms with Gasteiger partial charge in [-0.05, 0) is 37.7 Å². The third-order valence-corrected chi connectivity index (χ3v) is 4.90. The second kappa shape index (κ2) is 16.5. The SMILES string of the molecule is CSCC[C@H](NC(=O)CNC(=O)[C@H](CCCN=C(N)N)NC(=O)[C@@H](N)CCC(=O)O)C(=O)O. The van der Waals surface area contributed by atoms with Gasteiger partial charge in [-0.25, -0.2) is 4.79 Å². The van der Waals surface area contributed by atoms with Crippen LogP contribution in [0, 0.1) is 0 Å². The molecule has 0 fully saturated rings. The molecule has 0 saturated heterocycles. The lowest BCUT2D eigenvalue weighted by Gasteiger charge is -2.21. The molecular formula is C18H33N7O7S. The second-order valence-corrected chi connectivity index (χ2v) is 7.99. The van der Waals surface area contributed by atoms with E-state index in [1.165, 1.54) is 11.8 Å². The molecule has 3 amide bonds. The molecule has 0 aromatic carbocycles. The van der Waals surface area contributed by atoms with Crippen molar-refractivity contribution >= 4 is 47.4 Å². The fourth-order valence-electron chi connectivity index (χ4n) is 2.49. The number of carbonyl (C=O) groups is 5. The number of hydrogen-bond acceptors (Lipinski definition) is 8. The molecule has 33 heavy (non-hydrogen) atoms. The highest BCUT2D eigenvalue weighted by Gasteiger charge is 2.25. The average molecular weight is 492 g/mol. The lowest BCUT2D eigenvalue weighted by molar-refractivity contribution is -0.142. The van der Waals surface area contributed by atoms with E-state index in [0.29, 0.717) is 12.2 Å². The number of nitrogens with two attached hydrogens (primary N) is 3. The zero-order chi connectivity index (χ0) is 25.4. The second-order valence-electron chi connectivity index (χ2n) is 7.01. The van der Waals surface area contributed by atoms with Gasteiger partial charge < -0.3 is 43.4 Å². The van der Waals surface area contributed by atoms with Crippen molar-refractivity contribution in [3.8, 4) is 0 Å². The van der Waals surface area contributed by atoms with E-state index >= 15 is 0 Å². The number of nitrogens with zero attached hydrogens (tertiary/aromatic N) is 1. The zero-order valence-corrected chi connectivity index (χ0v) is 19.2. The van der Waals surface area contributed by atoms with Gasteiger partial charge in [0.1, 0.15) is 12.1 Å². The van der Waals surface area contributed by atoms with E-state index in [1.54, 1.807) is 6.26 Å². The number of thioether (sulfide) groups is 1. The summed E-state index contributed by atoms with van der Waals surface area (Å²) in [7, 11) is 0.